The molecule has 3 nitrogen and oxygen atoms in total. The Morgan fingerprint density at radius 2 is 2.25 bits per heavy atom. The van der Waals surface area contributed by atoms with E-state index >= 15 is 0 Å². The molecule has 0 bridgehead atoms. The lowest BCUT2D eigenvalue weighted by Gasteiger charge is -2.07. The number of ether oxygens (including phenoxy) is 1. The molecule has 0 saturated heterocycles. The fourth-order valence-electron chi connectivity index (χ4n) is 1.06. The first kappa shape index (κ1) is 13.3. The fraction of sp³-hybridized carbons (Fsp3) is 0.364. The molecule has 0 aliphatic carbocycles. The van der Waals surface area contributed by atoms with Crippen LogP contribution in [0, 0.1) is 0 Å². The Morgan fingerprint density at radius 1 is 1.50 bits per heavy atom. The van der Waals surface area contributed by atoms with Crippen molar-refractivity contribution in [3.63, 3.8) is 0 Å². The Balaban J connectivity index is 2.85. The summed E-state index contributed by atoms with van der Waals surface area (Å²) in [5.74, 6) is 0.663. The highest BCUT2D eigenvalue weighted by Crippen LogP contribution is 2.35. The monoisotopic (exact) mass is 258 g/mol. The summed E-state index contributed by atoms with van der Waals surface area (Å²) in [7, 11) is 4.69. The summed E-state index contributed by atoms with van der Waals surface area (Å²) in [5.41, 5.74) is 0.299. The Morgan fingerprint density at radius 3 is 2.81 bits per heavy atom. The lowest BCUT2D eigenvalue weighted by molar-refractivity contribution is 0.0692. The Labute approximate surface area is 103 Å². The molecule has 0 aliphatic rings. The normalized spacial score (nSPS) is 10.1. The first-order valence-electron chi connectivity index (χ1n) is 4.89. The van der Waals surface area contributed by atoms with Crippen LogP contribution in [0.1, 0.15) is 23.7 Å². The molecular weight excluding hydrogens is 244 g/mol. The van der Waals surface area contributed by atoms with Crippen LogP contribution in [0.25, 0.3) is 0 Å². The lowest BCUT2D eigenvalue weighted by Crippen LogP contribution is -1.99. The van der Waals surface area contributed by atoms with Crippen LogP contribution in [-0.2, 0) is 0 Å². The summed E-state index contributed by atoms with van der Waals surface area (Å²) in [6.45, 7) is 2.10. The van der Waals surface area contributed by atoms with E-state index in [-0.39, 0.29) is 0 Å². The van der Waals surface area contributed by atoms with Gasteiger partial charge in [-0.25, -0.2) is 4.79 Å². The summed E-state index contributed by atoms with van der Waals surface area (Å²) in [6, 6.07) is 5.12. The molecule has 16 heavy (non-hydrogen) atoms. The van der Waals surface area contributed by atoms with Crippen molar-refractivity contribution in [3.8, 4) is 5.75 Å². The second-order valence-corrected chi connectivity index (χ2v) is 5.53. The summed E-state index contributed by atoms with van der Waals surface area (Å²) >= 11 is 0. The van der Waals surface area contributed by atoms with Gasteiger partial charge in [0.15, 0.2) is 0 Å². The zero-order chi connectivity index (χ0) is 12.0. The molecule has 0 heterocycles. The third-order valence-corrected chi connectivity index (χ3v) is 4.47. The zero-order valence-corrected chi connectivity index (χ0v) is 10.9. The Bertz CT molecular complexity index is 366. The molecule has 88 valence electrons. The summed E-state index contributed by atoms with van der Waals surface area (Å²) < 4.78 is 5.01. The molecule has 0 aliphatic heterocycles. The van der Waals surface area contributed by atoms with Crippen molar-refractivity contribution in [2.45, 2.75) is 18.2 Å². The van der Waals surface area contributed by atoms with Gasteiger partial charge in [0.05, 0.1) is 12.7 Å². The fourth-order valence-corrected chi connectivity index (χ4v) is 3.37. The second kappa shape index (κ2) is 6.70. The molecule has 1 rings (SSSR count). The number of carboxylic acid groups (broad SMARTS) is 1. The molecule has 0 saturated carbocycles. The molecule has 0 unspecified atom stereocenters. The molecule has 1 aromatic rings. The first-order valence-corrected chi connectivity index (χ1v) is 7.21. The quantitative estimate of drug-likeness (QED) is 0.624. The van der Waals surface area contributed by atoms with E-state index in [0.29, 0.717) is 11.3 Å². The van der Waals surface area contributed by atoms with Gasteiger partial charge in [0, 0.05) is 10.6 Å². The van der Waals surface area contributed by atoms with Gasteiger partial charge in [0.2, 0.25) is 0 Å². The molecule has 1 N–H and O–H groups in total. The van der Waals surface area contributed by atoms with E-state index in [9.17, 15) is 4.79 Å². The van der Waals surface area contributed by atoms with Gasteiger partial charge in [-0.05, 0) is 24.6 Å². The third-order valence-electron chi connectivity index (χ3n) is 1.85. The summed E-state index contributed by atoms with van der Waals surface area (Å²) in [4.78, 5) is 11.8. The maximum Gasteiger partial charge on any atom is 0.336 e. The number of methoxy groups -OCH3 is 1. The number of carbonyl (C=O) groups is 1. The average Bonchev–Trinajstić information content (AvgIpc) is 2.29. The van der Waals surface area contributed by atoms with Crippen molar-refractivity contribution in [1.29, 1.82) is 0 Å². The molecule has 0 fully saturated rings. The molecule has 0 amide bonds. The predicted octanol–water partition coefficient (Wildman–Crippen LogP) is 3.54. The predicted molar refractivity (Wildman–Crippen MR) is 68.6 cm³/mol. The van der Waals surface area contributed by atoms with Crippen LogP contribution in [0.4, 0.5) is 0 Å². The Kier molecular flexibility index (Phi) is 5.55. The van der Waals surface area contributed by atoms with Gasteiger partial charge in [-0.15, -0.1) is 0 Å². The van der Waals surface area contributed by atoms with Crippen molar-refractivity contribution < 1.29 is 14.6 Å². The number of hydrogen-bond donors (Lipinski definition) is 1. The molecule has 0 spiro atoms. The van der Waals surface area contributed by atoms with Crippen LogP contribution in [0.15, 0.2) is 23.1 Å². The molecule has 0 radical (unpaired) electrons. The number of aromatic carboxylic acids is 1. The van der Waals surface area contributed by atoms with E-state index in [1.54, 1.807) is 29.0 Å². The highest BCUT2D eigenvalue weighted by molar-refractivity contribution is 8.76. The van der Waals surface area contributed by atoms with Crippen LogP contribution < -0.4 is 4.74 Å². The molecule has 0 atom stereocenters. The van der Waals surface area contributed by atoms with Crippen molar-refractivity contribution in [2.24, 2.45) is 0 Å². The van der Waals surface area contributed by atoms with Crippen LogP contribution in [0.3, 0.4) is 0 Å². The van der Waals surface area contributed by atoms with Gasteiger partial charge < -0.3 is 9.84 Å². The summed E-state index contributed by atoms with van der Waals surface area (Å²) in [6.07, 6.45) is 1.08. The molecule has 0 aromatic heterocycles. The van der Waals surface area contributed by atoms with Gasteiger partial charge in [0.25, 0.3) is 0 Å². The van der Waals surface area contributed by atoms with Gasteiger partial charge in [-0.1, -0.05) is 28.5 Å². The highest BCUT2D eigenvalue weighted by atomic mass is 33.1. The zero-order valence-electron chi connectivity index (χ0n) is 9.23. The standard InChI is InChI=1S/C11H14O3S2/c1-3-6-15-16-10-5-4-8(14-2)7-9(10)11(12)13/h4-5,7H,3,6H2,1-2H3,(H,12,13). The largest absolute Gasteiger partial charge is 0.497 e. The van der Waals surface area contributed by atoms with Gasteiger partial charge in [0.1, 0.15) is 5.75 Å². The number of benzene rings is 1. The Hall–Kier alpha value is -0.810. The maximum atomic E-state index is 11.0. The maximum absolute atomic E-state index is 11.0. The topological polar surface area (TPSA) is 46.5 Å². The van der Waals surface area contributed by atoms with Crippen molar-refractivity contribution in [1.82, 2.24) is 0 Å². The molecule has 5 heteroatoms. The van der Waals surface area contributed by atoms with E-state index in [4.69, 9.17) is 9.84 Å². The second-order valence-electron chi connectivity index (χ2n) is 3.07. The van der Waals surface area contributed by atoms with Crippen molar-refractivity contribution in [3.05, 3.63) is 23.8 Å². The average molecular weight is 258 g/mol. The number of rotatable bonds is 6. The summed E-state index contributed by atoms with van der Waals surface area (Å²) in [5, 5.41) is 9.06. The van der Waals surface area contributed by atoms with E-state index in [0.717, 1.165) is 17.1 Å². The minimum Gasteiger partial charge on any atom is -0.497 e. The van der Waals surface area contributed by atoms with E-state index in [1.165, 1.54) is 17.9 Å². The highest BCUT2D eigenvalue weighted by Gasteiger charge is 2.11. The van der Waals surface area contributed by atoms with Crippen LogP contribution in [-0.4, -0.2) is 23.9 Å². The van der Waals surface area contributed by atoms with Crippen LogP contribution in [0.2, 0.25) is 0 Å². The lowest BCUT2D eigenvalue weighted by atomic mass is 10.2. The van der Waals surface area contributed by atoms with Crippen LogP contribution >= 0.6 is 21.6 Å². The number of carboxylic acids is 1. The first-order chi connectivity index (χ1) is 7.69. The van der Waals surface area contributed by atoms with Gasteiger partial charge >= 0.3 is 5.97 Å². The van der Waals surface area contributed by atoms with E-state index in [2.05, 4.69) is 6.92 Å². The smallest absolute Gasteiger partial charge is 0.336 e. The number of hydrogen-bond acceptors (Lipinski definition) is 4. The van der Waals surface area contributed by atoms with Gasteiger partial charge in [-0.3, -0.25) is 0 Å². The minimum absolute atomic E-state index is 0.299. The van der Waals surface area contributed by atoms with Crippen LogP contribution in [0.5, 0.6) is 5.75 Å². The van der Waals surface area contributed by atoms with Crippen molar-refractivity contribution in [2.75, 3.05) is 12.9 Å². The molecule has 1 aromatic carbocycles. The molecular formula is C11H14O3S2. The van der Waals surface area contributed by atoms with E-state index in [1.807, 2.05) is 0 Å². The van der Waals surface area contributed by atoms with Gasteiger partial charge in [-0.2, -0.15) is 0 Å². The minimum atomic E-state index is -0.918. The van der Waals surface area contributed by atoms with E-state index < -0.39 is 5.97 Å². The van der Waals surface area contributed by atoms with Crippen molar-refractivity contribution >= 4 is 27.6 Å². The third kappa shape index (κ3) is 3.64. The SMILES string of the molecule is CCCSSc1ccc(OC)cc1C(=O)O.